The molecule has 0 radical (unpaired) electrons. The first-order valence-corrected chi connectivity index (χ1v) is 20.4. The van der Waals surface area contributed by atoms with E-state index in [4.69, 9.17) is 9.97 Å². The zero-order valence-electron chi connectivity index (χ0n) is 32.6. The highest BCUT2D eigenvalue weighted by Gasteiger charge is 2.38. The van der Waals surface area contributed by atoms with Gasteiger partial charge in [-0.1, -0.05) is 153 Å². The quantitative estimate of drug-likeness (QED) is 0.180. The number of nitrogens with zero attached hydrogens (tertiary/aromatic N) is 4. The minimum Gasteiger partial charge on any atom is -0.308 e. The largest absolute Gasteiger partial charge is 0.308 e. The Morgan fingerprint density at radius 2 is 1.05 bits per heavy atom. The Morgan fingerprint density at radius 1 is 0.407 bits per heavy atom. The fraction of sp³-hybridized carbons (Fsp3) is 0.0545. The van der Waals surface area contributed by atoms with Gasteiger partial charge in [0, 0.05) is 48.7 Å². The molecule has 1 aliphatic carbocycles. The third-order valence-electron chi connectivity index (χ3n) is 13.1. The topological polar surface area (TPSA) is 35.6 Å². The first-order valence-electron chi connectivity index (χ1n) is 20.4. The van der Waals surface area contributed by atoms with Crippen molar-refractivity contribution in [1.82, 2.24) is 19.1 Å². The van der Waals surface area contributed by atoms with E-state index in [0.717, 1.165) is 39.1 Å². The molecular weight excluding hydrogens is 717 g/mol. The fourth-order valence-corrected chi connectivity index (χ4v) is 10.5. The van der Waals surface area contributed by atoms with Crippen LogP contribution in [-0.4, -0.2) is 19.1 Å². The fourth-order valence-electron chi connectivity index (χ4n) is 10.5. The van der Waals surface area contributed by atoms with E-state index >= 15 is 0 Å². The number of hydrogen-bond acceptors (Lipinski definition) is 2. The van der Waals surface area contributed by atoms with E-state index in [0.29, 0.717) is 0 Å². The molecule has 0 saturated carbocycles. The molecule has 4 heteroatoms. The van der Waals surface area contributed by atoms with E-state index in [1.165, 1.54) is 82.1 Å². The number of benzene rings is 9. The van der Waals surface area contributed by atoms with Gasteiger partial charge in [-0.2, -0.15) is 0 Å². The maximum Gasteiger partial charge on any atom is 0.162 e. The molecule has 0 aliphatic heterocycles. The van der Waals surface area contributed by atoms with Gasteiger partial charge < -0.3 is 4.57 Å². The smallest absolute Gasteiger partial charge is 0.162 e. The van der Waals surface area contributed by atoms with Crippen LogP contribution in [0.3, 0.4) is 0 Å². The van der Waals surface area contributed by atoms with E-state index < -0.39 is 0 Å². The SMILES string of the molecule is CC1(C)c2ccccc2-c2cccc(-c3nc(-n4c5ccccc5c5cc6c(-n7c8ccccc8c8ccc9ccccc9c87)cccc6cc54)c4ccccc4n3)c21. The van der Waals surface area contributed by atoms with Gasteiger partial charge in [-0.05, 0) is 75.5 Å². The van der Waals surface area contributed by atoms with Crippen molar-refractivity contribution >= 4 is 76.1 Å². The highest BCUT2D eigenvalue weighted by atomic mass is 15.1. The first kappa shape index (κ1) is 32.5. The molecule has 9 aromatic carbocycles. The Bertz CT molecular complexity index is 3770. The maximum absolute atomic E-state index is 5.60. The minimum atomic E-state index is -0.205. The number of fused-ring (bicyclic) bond motifs is 13. The van der Waals surface area contributed by atoms with Gasteiger partial charge in [0.2, 0.25) is 0 Å². The Kier molecular flexibility index (Phi) is 6.48. The summed E-state index contributed by atoms with van der Waals surface area (Å²) in [6, 6.07) is 66.3. The molecule has 3 aromatic heterocycles. The van der Waals surface area contributed by atoms with Crippen molar-refractivity contribution < 1.29 is 0 Å². The Balaban J connectivity index is 1.10. The number of hydrogen-bond donors (Lipinski definition) is 0. The van der Waals surface area contributed by atoms with E-state index in [-0.39, 0.29) is 5.41 Å². The highest BCUT2D eigenvalue weighted by molar-refractivity contribution is 6.20. The Labute approximate surface area is 340 Å². The molecule has 59 heavy (non-hydrogen) atoms. The number of para-hydroxylation sites is 3. The summed E-state index contributed by atoms with van der Waals surface area (Å²) in [6.45, 7) is 4.66. The summed E-state index contributed by atoms with van der Waals surface area (Å²) in [4.78, 5) is 10.9. The lowest BCUT2D eigenvalue weighted by Crippen LogP contribution is -2.17. The van der Waals surface area contributed by atoms with Crippen LogP contribution in [0.5, 0.6) is 0 Å². The maximum atomic E-state index is 5.60. The first-order chi connectivity index (χ1) is 29.0. The van der Waals surface area contributed by atoms with Crippen molar-refractivity contribution in [3.63, 3.8) is 0 Å². The second kappa shape index (κ2) is 11.7. The summed E-state index contributed by atoms with van der Waals surface area (Å²) < 4.78 is 4.87. The van der Waals surface area contributed by atoms with Crippen LogP contribution < -0.4 is 0 Å². The molecule has 0 atom stereocenters. The second-order valence-corrected chi connectivity index (χ2v) is 16.5. The third-order valence-corrected chi connectivity index (χ3v) is 13.1. The molecule has 1 aliphatic rings. The molecule has 0 saturated heterocycles. The molecule has 13 rings (SSSR count). The molecule has 0 spiro atoms. The van der Waals surface area contributed by atoms with Crippen molar-refractivity contribution in [3.8, 4) is 34.0 Å². The molecule has 0 fully saturated rings. The molecule has 3 heterocycles. The van der Waals surface area contributed by atoms with Crippen molar-refractivity contribution in [2.75, 3.05) is 0 Å². The highest BCUT2D eigenvalue weighted by Crippen LogP contribution is 2.52. The van der Waals surface area contributed by atoms with Crippen LogP contribution in [0.25, 0.3) is 110 Å². The molecular formula is C55H36N4. The van der Waals surface area contributed by atoms with Crippen LogP contribution >= 0.6 is 0 Å². The molecule has 4 nitrogen and oxygen atoms in total. The van der Waals surface area contributed by atoms with Crippen LogP contribution in [0.15, 0.2) is 182 Å². The summed E-state index contributed by atoms with van der Waals surface area (Å²) in [6.07, 6.45) is 0. The van der Waals surface area contributed by atoms with Gasteiger partial charge in [0.25, 0.3) is 0 Å². The van der Waals surface area contributed by atoms with Gasteiger partial charge in [-0.3, -0.25) is 4.57 Å². The van der Waals surface area contributed by atoms with Crippen molar-refractivity contribution in [2.24, 2.45) is 0 Å². The van der Waals surface area contributed by atoms with Gasteiger partial charge in [0.15, 0.2) is 5.82 Å². The standard InChI is InChI=1S/C55H36N4/c1-55(2)45-24-9-5-18-36(45)39-22-14-23-42(51(39)55)53-56-46-25-10-6-21-41(46)54(57-53)59-48-27-12-8-20-38(48)44-32-43-34(31-50(44)59)16-13-28-49(43)58-47-26-11-7-19-37(47)40-30-29-33-15-3-4-17-35(33)52(40)58/h3-32H,1-2H3. The average molecular weight is 753 g/mol. The summed E-state index contributed by atoms with van der Waals surface area (Å²) in [5, 5.41) is 10.8. The summed E-state index contributed by atoms with van der Waals surface area (Å²) in [5.74, 6) is 1.62. The summed E-state index contributed by atoms with van der Waals surface area (Å²) >= 11 is 0. The monoisotopic (exact) mass is 752 g/mol. The lowest BCUT2D eigenvalue weighted by atomic mass is 9.80. The Hall–Kier alpha value is -7.56. The van der Waals surface area contributed by atoms with Crippen LogP contribution in [0.2, 0.25) is 0 Å². The molecule has 0 amide bonds. The summed E-state index contributed by atoms with van der Waals surface area (Å²) in [7, 11) is 0. The zero-order chi connectivity index (χ0) is 39.0. The molecule has 0 unspecified atom stereocenters. The minimum absolute atomic E-state index is 0.205. The van der Waals surface area contributed by atoms with Crippen molar-refractivity contribution in [1.29, 1.82) is 0 Å². The molecule has 276 valence electrons. The van der Waals surface area contributed by atoms with E-state index in [9.17, 15) is 0 Å². The molecule has 0 N–H and O–H groups in total. The van der Waals surface area contributed by atoms with Gasteiger partial charge in [0.1, 0.15) is 5.82 Å². The Morgan fingerprint density at radius 3 is 1.92 bits per heavy atom. The van der Waals surface area contributed by atoms with Gasteiger partial charge >= 0.3 is 0 Å². The molecule has 12 aromatic rings. The van der Waals surface area contributed by atoms with E-state index in [1.807, 2.05) is 0 Å². The predicted molar refractivity (Wildman–Crippen MR) is 246 cm³/mol. The van der Waals surface area contributed by atoms with Crippen LogP contribution in [-0.2, 0) is 5.41 Å². The lowest BCUT2D eigenvalue weighted by molar-refractivity contribution is 0.661. The third kappa shape index (κ3) is 4.38. The van der Waals surface area contributed by atoms with E-state index in [2.05, 4.69) is 205 Å². The van der Waals surface area contributed by atoms with E-state index in [1.54, 1.807) is 0 Å². The lowest BCUT2D eigenvalue weighted by Gasteiger charge is -2.24. The van der Waals surface area contributed by atoms with Crippen LogP contribution in [0, 0.1) is 0 Å². The number of aromatic nitrogens is 4. The van der Waals surface area contributed by atoms with Crippen LogP contribution in [0.1, 0.15) is 25.0 Å². The van der Waals surface area contributed by atoms with Crippen LogP contribution in [0.4, 0.5) is 0 Å². The normalized spacial score (nSPS) is 13.4. The van der Waals surface area contributed by atoms with Crippen molar-refractivity contribution in [3.05, 3.63) is 193 Å². The van der Waals surface area contributed by atoms with Gasteiger partial charge in [-0.25, -0.2) is 9.97 Å². The molecule has 0 bridgehead atoms. The number of rotatable bonds is 3. The van der Waals surface area contributed by atoms with Gasteiger partial charge in [-0.15, -0.1) is 0 Å². The predicted octanol–water partition coefficient (Wildman–Crippen LogP) is 14.1. The zero-order valence-corrected chi connectivity index (χ0v) is 32.6. The average Bonchev–Trinajstić information content (AvgIpc) is 3.88. The van der Waals surface area contributed by atoms with Gasteiger partial charge in [0.05, 0.1) is 33.3 Å². The summed E-state index contributed by atoms with van der Waals surface area (Å²) in [5.41, 5.74) is 12.8. The van der Waals surface area contributed by atoms with Crippen molar-refractivity contribution in [2.45, 2.75) is 19.3 Å². The second-order valence-electron chi connectivity index (χ2n) is 16.5.